The zero-order valence-electron chi connectivity index (χ0n) is 10.5. The largest absolute Gasteiger partial charge is 0.388 e. The summed E-state index contributed by atoms with van der Waals surface area (Å²) < 4.78 is 0. The molecular formula is C14H24O. The Morgan fingerprint density at radius 1 is 1.33 bits per heavy atom. The van der Waals surface area contributed by atoms with Crippen LogP contribution in [0, 0.1) is 17.3 Å². The van der Waals surface area contributed by atoms with Gasteiger partial charge in [0.05, 0.1) is 6.10 Å². The highest BCUT2D eigenvalue weighted by molar-refractivity contribution is 5.27. The molecule has 3 atom stereocenters. The van der Waals surface area contributed by atoms with Crippen molar-refractivity contribution in [3.63, 3.8) is 0 Å². The van der Waals surface area contributed by atoms with Crippen molar-refractivity contribution in [3.05, 3.63) is 11.1 Å². The van der Waals surface area contributed by atoms with Gasteiger partial charge >= 0.3 is 0 Å². The van der Waals surface area contributed by atoms with Crippen molar-refractivity contribution in [1.82, 2.24) is 0 Å². The van der Waals surface area contributed by atoms with Crippen LogP contribution in [0.3, 0.4) is 0 Å². The molecule has 0 spiro atoms. The molecule has 0 aliphatic heterocycles. The summed E-state index contributed by atoms with van der Waals surface area (Å²) in [5, 5.41) is 10.4. The van der Waals surface area contributed by atoms with Gasteiger partial charge in [-0.05, 0) is 55.4 Å². The molecule has 0 aromatic carbocycles. The lowest BCUT2D eigenvalue weighted by atomic mass is 9.62. The van der Waals surface area contributed by atoms with Gasteiger partial charge in [0.15, 0.2) is 0 Å². The Bertz CT molecular complexity index is 288. The van der Waals surface area contributed by atoms with Gasteiger partial charge in [0.2, 0.25) is 0 Å². The lowest BCUT2D eigenvalue weighted by molar-refractivity contribution is 0.0304. The van der Waals surface area contributed by atoms with Gasteiger partial charge in [0.1, 0.15) is 0 Å². The van der Waals surface area contributed by atoms with E-state index in [1.54, 1.807) is 0 Å². The maximum absolute atomic E-state index is 10.4. The van der Waals surface area contributed by atoms with E-state index in [9.17, 15) is 5.11 Å². The van der Waals surface area contributed by atoms with Crippen molar-refractivity contribution in [3.8, 4) is 0 Å². The number of hydrogen-bond acceptors (Lipinski definition) is 1. The SMILES string of the molecule is CC1=C2C(CCC(C)(C)C2O)CC(C)C1. The van der Waals surface area contributed by atoms with E-state index in [0.717, 1.165) is 5.92 Å². The molecule has 0 heterocycles. The molecular weight excluding hydrogens is 184 g/mol. The third kappa shape index (κ3) is 1.87. The van der Waals surface area contributed by atoms with E-state index in [4.69, 9.17) is 0 Å². The van der Waals surface area contributed by atoms with Gasteiger partial charge in [-0.3, -0.25) is 0 Å². The molecule has 1 N–H and O–H groups in total. The van der Waals surface area contributed by atoms with Crippen LogP contribution in [-0.4, -0.2) is 11.2 Å². The van der Waals surface area contributed by atoms with Gasteiger partial charge in [-0.1, -0.05) is 26.3 Å². The predicted octanol–water partition coefficient (Wildman–Crippen LogP) is 3.53. The fraction of sp³-hybridized carbons (Fsp3) is 0.857. The highest BCUT2D eigenvalue weighted by atomic mass is 16.3. The molecule has 0 aromatic heterocycles. The summed E-state index contributed by atoms with van der Waals surface area (Å²) in [6, 6.07) is 0. The first-order chi connectivity index (χ1) is 6.92. The van der Waals surface area contributed by atoms with Crippen LogP contribution in [0.1, 0.15) is 53.4 Å². The first-order valence-corrected chi connectivity index (χ1v) is 6.29. The number of fused-ring (bicyclic) bond motifs is 1. The van der Waals surface area contributed by atoms with E-state index in [2.05, 4.69) is 27.7 Å². The molecule has 0 radical (unpaired) electrons. The quantitative estimate of drug-likeness (QED) is 0.604. The summed E-state index contributed by atoms with van der Waals surface area (Å²) in [5.74, 6) is 1.49. The van der Waals surface area contributed by atoms with E-state index < -0.39 is 0 Å². The van der Waals surface area contributed by atoms with Gasteiger partial charge in [0.25, 0.3) is 0 Å². The van der Waals surface area contributed by atoms with Gasteiger partial charge in [-0.25, -0.2) is 0 Å². The fourth-order valence-corrected chi connectivity index (χ4v) is 3.52. The monoisotopic (exact) mass is 208 g/mol. The topological polar surface area (TPSA) is 20.2 Å². The number of aliphatic hydroxyl groups is 1. The minimum Gasteiger partial charge on any atom is -0.388 e. The molecule has 1 saturated carbocycles. The second kappa shape index (κ2) is 3.62. The van der Waals surface area contributed by atoms with Gasteiger partial charge in [0, 0.05) is 0 Å². The third-order valence-corrected chi connectivity index (χ3v) is 4.45. The highest BCUT2D eigenvalue weighted by Gasteiger charge is 2.41. The zero-order chi connectivity index (χ0) is 11.2. The van der Waals surface area contributed by atoms with E-state index in [-0.39, 0.29) is 11.5 Å². The number of hydrogen-bond donors (Lipinski definition) is 1. The standard InChI is InChI=1S/C14H24O/c1-9-7-10(2)12-11(8-9)5-6-14(3,4)13(12)15/h9,11,13,15H,5-8H2,1-4H3. The van der Waals surface area contributed by atoms with Crippen LogP contribution in [0.4, 0.5) is 0 Å². The van der Waals surface area contributed by atoms with E-state index in [0.29, 0.717) is 5.92 Å². The van der Waals surface area contributed by atoms with Crippen LogP contribution in [0.15, 0.2) is 11.1 Å². The molecule has 86 valence electrons. The Hall–Kier alpha value is -0.300. The number of aliphatic hydroxyl groups excluding tert-OH is 1. The molecule has 0 bridgehead atoms. The van der Waals surface area contributed by atoms with Crippen LogP contribution in [0.5, 0.6) is 0 Å². The molecule has 1 heteroatoms. The first kappa shape index (κ1) is 11.2. The average molecular weight is 208 g/mol. The third-order valence-electron chi connectivity index (χ3n) is 4.45. The average Bonchev–Trinajstić information content (AvgIpc) is 2.11. The van der Waals surface area contributed by atoms with Gasteiger partial charge in [-0.2, -0.15) is 0 Å². The molecule has 2 aliphatic rings. The number of rotatable bonds is 0. The van der Waals surface area contributed by atoms with Crippen LogP contribution in [-0.2, 0) is 0 Å². The van der Waals surface area contributed by atoms with Crippen molar-refractivity contribution in [2.75, 3.05) is 0 Å². The van der Waals surface area contributed by atoms with Crippen molar-refractivity contribution in [2.24, 2.45) is 17.3 Å². The highest BCUT2D eigenvalue weighted by Crippen LogP contribution is 2.48. The summed E-state index contributed by atoms with van der Waals surface area (Å²) in [7, 11) is 0. The Labute approximate surface area is 93.6 Å². The van der Waals surface area contributed by atoms with E-state index in [1.165, 1.54) is 36.8 Å². The van der Waals surface area contributed by atoms with Gasteiger partial charge in [-0.15, -0.1) is 0 Å². The maximum Gasteiger partial charge on any atom is 0.0806 e. The maximum atomic E-state index is 10.4. The lowest BCUT2D eigenvalue weighted by Gasteiger charge is -2.45. The van der Waals surface area contributed by atoms with Crippen molar-refractivity contribution >= 4 is 0 Å². The Morgan fingerprint density at radius 2 is 2.00 bits per heavy atom. The summed E-state index contributed by atoms with van der Waals surface area (Å²) in [4.78, 5) is 0. The molecule has 0 saturated heterocycles. The molecule has 0 amide bonds. The van der Waals surface area contributed by atoms with Crippen LogP contribution in [0.25, 0.3) is 0 Å². The molecule has 3 unspecified atom stereocenters. The molecule has 1 nitrogen and oxygen atoms in total. The van der Waals surface area contributed by atoms with Crippen molar-refractivity contribution in [2.45, 2.75) is 59.5 Å². The van der Waals surface area contributed by atoms with E-state index >= 15 is 0 Å². The Kier molecular flexibility index (Phi) is 2.70. The normalized spacial score (nSPS) is 40.2. The van der Waals surface area contributed by atoms with Crippen molar-refractivity contribution < 1.29 is 5.11 Å². The van der Waals surface area contributed by atoms with E-state index in [1.807, 2.05) is 0 Å². The predicted molar refractivity (Wildman–Crippen MR) is 63.6 cm³/mol. The smallest absolute Gasteiger partial charge is 0.0806 e. The zero-order valence-corrected chi connectivity index (χ0v) is 10.5. The van der Waals surface area contributed by atoms with Crippen molar-refractivity contribution in [1.29, 1.82) is 0 Å². The Morgan fingerprint density at radius 3 is 2.67 bits per heavy atom. The second-order valence-corrected chi connectivity index (χ2v) is 6.41. The number of allylic oxidation sites excluding steroid dienone is 1. The Balaban J connectivity index is 2.33. The van der Waals surface area contributed by atoms with Crippen LogP contribution in [0.2, 0.25) is 0 Å². The lowest BCUT2D eigenvalue weighted by Crippen LogP contribution is -2.41. The minimum absolute atomic E-state index is 0.0909. The molecule has 2 rings (SSSR count). The fourth-order valence-electron chi connectivity index (χ4n) is 3.52. The molecule has 1 fully saturated rings. The van der Waals surface area contributed by atoms with Crippen LogP contribution >= 0.6 is 0 Å². The summed E-state index contributed by atoms with van der Waals surface area (Å²) in [6.07, 6.45) is 4.74. The first-order valence-electron chi connectivity index (χ1n) is 6.29. The summed E-state index contributed by atoms with van der Waals surface area (Å²) in [5.41, 5.74) is 2.96. The summed E-state index contributed by atoms with van der Waals surface area (Å²) in [6.45, 7) is 8.97. The van der Waals surface area contributed by atoms with Gasteiger partial charge < -0.3 is 5.11 Å². The molecule has 2 aliphatic carbocycles. The molecule has 15 heavy (non-hydrogen) atoms. The molecule has 0 aromatic rings. The minimum atomic E-state index is -0.191. The second-order valence-electron chi connectivity index (χ2n) is 6.41. The van der Waals surface area contributed by atoms with Crippen LogP contribution < -0.4 is 0 Å². The summed E-state index contributed by atoms with van der Waals surface area (Å²) >= 11 is 0.